The first kappa shape index (κ1) is 14.4. The van der Waals surface area contributed by atoms with Crippen molar-refractivity contribution >= 4 is 11.7 Å². The van der Waals surface area contributed by atoms with Gasteiger partial charge in [-0.15, -0.1) is 0 Å². The normalized spacial score (nSPS) is 14.1. The smallest absolute Gasteiger partial charge is 0.270 e. The Bertz CT molecular complexity index is 653. The van der Waals surface area contributed by atoms with Crippen molar-refractivity contribution in [2.75, 3.05) is 18.0 Å². The van der Waals surface area contributed by atoms with E-state index in [4.69, 9.17) is 0 Å². The molecule has 0 spiro atoms. The van der Waals surface area contributed by atoms with Crippen LogP contribution in [0.4, 0.5) is 5.82 Å². The van der Waals surface area contributed by atoms with Gasteiger partial charge in [0.2, 0.25) is 0 Å². The second-order valence-electron chi connectivity index (χ2n) is 5.36. The number of anilines is 1. The van der Waals surface area contributed by atoms with E-state index in [1.54, 1.807) is 12.3 Å². The molecular formula is C16H19N5O. The monoisotopic (exact) mass is 297 g/mol. The summed E-state index contributed by atoms with van der Waals surface area (Å²) in [5.41, 5.74) is 1.23. The number of hydrogen-bond donors (Lipinski definition) is 1. The number of nitrogens with zero attached hydrogens (tertiary/aromatic N) is 4. The summed E-state index contributed by atoms with van der Waals surface area (Å²) >= 11 is 0. The average molecular weight is 297 g/mol. The van der Waals surface area contributed by atoms with Gasteiger partial charge < -0.3 is 10.2 Å². The standard InChI is InChI=1S/C16H19N5O/c1-12-19-14(10-15(20-12)21-8-4-5-9-21)16(22)18-11-13-6-2-3-7-17-13/h2-3,6-7,10H,4-5,8-9,11H2,1H3,(H,18,22). The first-order valence-electron chi connectivity index (χ1n) is 7.51. The SMILES string of the molecule is Cc1nc(C(=O)NCc2ccccn2)cc(N2CCCC2)n1. The van der Waals surface area contributed by atoms with E-state index in [0.717, 1.165) is 24.6 Å². The van der Waals surface area contributed by atoms with Crippen LogP contribution in [0.25, 0.3) is 0 Å². The Labute approximate surface area is 129 Å². The lowest BCUT2D eigenvalue weighted by Crippen LogP contribution is -2.26. The van der Waals surface area contributed by atoms with Crippen LogP contribution < -0.4 is 10.2 Å². The molecule has 0 aromatic carbocycles. The number of carbonyl (C=O) groups excluding carboxylic acids is 1. The van der Waals surface area contributed by atoms with Gasteiger partial charge in [-0.05, 0) is 31.9 Å². The van der Waals surface area contributed by atoms with E-state index in [-0.39, 0.29) is 5.91 Å². The van der Waals surface area contributed by atoms with E-state index < -0.39 is 0 Å². The van der Waals surface area contributed by atoms with Gasteiger partial charge in [-0.3, -0.25) is 9.78 Å². The minimum atomic E-state index is -0.198. The molecule has 2 aromatic rings. The number of hydrogen-bond acceptors (Lipinski definition) is 5. The summed E-state index contributed by atoms with van der Waals surface area (Å²) in [6.45, 7) is 4.19. The maximum atomic E-state index is 12.3. The Hall–Kier alpha value is -2.50. The minimum absolute atomic E-state index is 0.198. The van der Waals surface area contributed by atoms with Crippen LogP contribution in [0.5, 0.6) is 0 Å². The Kier molecular flexibility index (Phi) is 4.27. The fourth-order valence-electron chi connectivity index (χ4n) is 2.54. The summed E-state index contributed by atoms with van der Waals surface area (Å²) in [5.74, 6) is 1.26. The number of nitrogens with one attached hydrogen (secondary N) is 1. The van der Waals surface area contributed by atoms with Crippen LogP contribution in [-0.4, -0.2) is 33.9 Å². The predicted octanol–water partition coefficient (Wildman–Crippen LogP) is 1.71. The quantitative estimate of drug-likeness (QED) is 0.930. The van der Waals surface area contributed by atoms with Gasteiger partial charge in [0.25, 0.3) is 5.91 Å². The van der Waals surface area contributed by atoms with Crippen LogP contribution in [0.15, 0.2) is 30.5 Å². The summed E-state index contributed by atoms with van der Waals surface area (Å²) in [6, 6.07) is 7.39. The van der Waals surface area contributed by atoms with Crippen molar-refractivity contribution in [3.63, 3.8) is 0 Å². The van der Waals surface area contributed by atoms with Crippen molar-refractivity contribution in [1.82, 2.24) is 20.3 Å². The molecule has 1 aliphatic heterocycles. The van der Waals surface area contributed by atoms with Crippen molar-refractivity contribution in [3.05, 3.63) is 47.7 Å². The highest BCUT2D eigenvalue weighted by Crippen LogP contribution is 2.18. The van der Waals surface area contributed by atoms with E-state index in [9.17, 15) is 4.79 Å². The number of carbonyl (C=O) groups is 1. The number of pyridine rings is 1. The zero-order valence-corrected chi connectivity index (χ0v) is 12.6. The molecule has 1 saturated heterocycles. The molecule has 114 valence electrons. The van der Waals surface area contributed by atoms with Crippen LogP contribution >= 0.6 is 0 Å². The minimum Gasteiger partial charge on any atom is -0.356 e. The van der Waals surface area contributed by atoms with Gasteiger partial charge in [-0.2, -0.15) is 0 Å². The molecule has 1 amide bonds. The lowest BCUT2D eigenvalue weighted by molar-refractivity contribution is 0.0945. The molecule has 0 aliphatic carbocycles. The maximum absolute atomic E-state index is 12.3. The molecule has 3 rings (SSSR count). The molecule has 22 heavy (non-hydrogen) atoms. The number of amides is 1. The van der Waals surface area contributed by atoms with Gasteiger partial charge in [-0.25, -0.2) is 9.97 Å². The molecule has 0 bridgehead atoms. The van der Waals surface area contributed by atoms with Crippen LogP contribution in [0.2, 0.25) is 0 Å². The largest absolute Gasteiger partial charge is 0.356 e. The third-order valence-corrected chi connectivity index (χ3v) is 3.64. The lowest BCUT2D eigenvalue weighted by atomic mass is 10.3. The van der Waals surface area contributed by atoms with Gasteiger partial charge in [0, 0.05) is 25.4 Å². The highest BCUT2D eigenvalue weighted by Gasteiger charge is 2.17. The van der Waals surface area contributed by atoms with Gasteiger partial charge in [-0.1, -0.05) is 6.07 Å². The number of aromatic nitrogens is 3. The Morgan fingerprint density at radius 1 is 1.27 bits per heavy atom. The van der Waals surface area contributed by atoms with Crippen LogP contribution in [0.3, 0.4) is 0 Å². The third kappa shape index (κ3) is 3.39. The second kappa shape index (κ2) is 6.51. The van der Waals surface area contributed by atoms with E-state index in [0.29, 0.717) is 18.1 Å². The molecular weight excluding hydrogens is 278 g/mol. The molecule has 6 heteroatoms. The van der Waals surface area contributed by atoms with Crippen molar-refractivity contribution < 1.29 is 4.79 Å². The Balaban J connectivity index is 1.71. The summed E-state index contributed by atoms with van der Waals surface area (Å²) in [6.07, 6.45) is 4.05. The first-order chi connectivity index (χ1) is 10.7. The van der Waals surface area contributed by atoms with E-state index in [1.807, 2.05) is 25.1 Å². The summed E-state index contributed by atoms with van der Waals surface area (Å²) in [4.78, 5) is 27.4. The van der Waals surface area contributed by atoms with E-state index in [2.05, 4.69) is 25.2 Å². The molecule has 6 nitrogen and oxygen atoms in total. The fraction of sp³-hybridized carbons (Fsp3) is 0.375. The van der Waals surface area contributed by atoms with Gasteiger partial charge in [0.15, 0.2) is 0 Å². The number of rotatable bonds is 4. The molecule has 2 aromatic heterocycles. The van der Waals surface area contributed by atoms with Crippen molar-refractivity contribution in [3.8, 4) is 0 Å². The Morgan fingerprint density at radius 2 is 2.09 bits per heavy atom. The molecule has 0 radical (unpaired) electrons. The molecule has 1 aliphatic rings. The first-order valence-corrected chi connectivity index (χ1v) is 7.51. The lowest BCUT2D eigenvalue weighted by Gasteiger charge is -2.17. The van der Waals surface area contributed by atoms with Crippen molar-refractivity contribution in [2.45, 2.75) is 26.3 Å². The van der Waals surface area contributed by atoms with Crippen molar-refractivity contribution in [1.29, 1.82) is 0 Å². The third-order valence-electron chi connectivity index (χ3n) is 3.64. The van der Waals surface area contributed by atoms with Crippen molar-refractivity contribution in [2.24, 2.45) is 0 Å². The zero-order valence-electron chi connectivity index (χ0n) is 12.6. The summed E-state index contributed by atoms with van der Waals surface area (Å²) in [5, 5.41) is 2.85. The highest BCUT2D eigenvalue weighted by atomic mass is 16.1. The molecule has 0 atom stereocenters. The molecule has 1 fully saturated rings. The molecule has 3 heterocycles. The fourth-order valence-corrected chi connectivity index (χ4v) is 2.54. The van der Waals surface area contributed by atoms with E-state index in [1.165, 1.54) is 12.8 Å². The molecule has 1 N–H and O–H groups in total. The highest BCUT2D eigenvalue weighted by molar-refractivity contribution is 5.92. The number of aryl methyl sites for hydroxylation is 1. The van der Waals surface area contributed by atoms with Crippen LogP contribution in [-0.2, 0) is 6.54 Å². The average Bonchev–Trinajstić information content (AvgIpc) is 3.07. The summed E-state index contributed by atoms with van der Waals surface area (Å²) < 4.78 is 0. The Morgan fingerprint density at radius 3 is 2.82 bits per heavy atom. The predicted molar refractivity (Wildman–Crippen MR) is 83.6 cm³/mol. The summed E-state index contributed by atoms with van der Waals surface area (Å²) in [7, 11) is 0. The zero-order chi connectivity index (χ0) is 15.4. The molecule has 0 saturated carbocycles. The van der Waals surface area contributed by atoms with E-state index >= 15 is 0 Å². The van der Waals surface area contributed by atoms with Crippen LogP contribution in [0.1, 0.15) is 34.8 Å². The van der Waals surface area contributed by atoms with Crippen LogP contribution in [0, 0.1) is 6.92 Å². The topological polar surface area (TPSA) is 71.0 Å². The molecule has 0 unspecified atom stereocenters. The second-order valence-corrected chi connectivity index (χ2v) is 5.36. The maximum Gasteiger partial charge on any atom is 0.270 e. The van der Waals surface area contributed by atoms with Gasteiger partial charge in [0.1, 0.15) is 17.3 Å². The van der Waals surface area contributed by atoms with Gasteiger partial charge >= 0.3 is 0 Å². The van der Waals surface area contributed by atoms with Gasteiger partial charge in [0.05, 0.1) is 12.2 Å².